The predicted octanol–water partition coefficient (Wildman–Crippen LogP) is 4.24. The third kappa shape index (κ3) is 7.28. The van der Waals surface area contributed by atoms with E-state index in [1.807, 2.05) is 24.4 Å². The van der Waals surface area contributed by atoms with E-state index in [-0.39, 0.29) is 0 Å². The number of aromatic nitrogens is 4. The summed E-state index contributed by atoms with van der Waals surface area (Å²) >= 11 is 0. The van der Waals surface area contributed by atoms with Crippen LogP contribution in [0.15, 0.2) is 43.0 Å². The maximum absolute atomic E-state index is 10.6. The summed E-state index contributed by atoms with van der Waals surface area (Å²) in [7, 11) is 1.63. The third-order valence-corrected chi connectivity index (χ3v) is 3.81. The molecule has 166 valence electrons. The number of imidazole rings is 1. The van der Waals surface area contributed by atoms with Crippen molar-refractivity contribution < 1.29 is 27.8 Å². The summed E-state index contributed by atoms with van der Waals surface area (Å²) in [5.41, 5.74) is 3.72. The zero-order valence-electron chi connectivity index (χ0n) is 17.1. The van der Waals surface area contributed by atoms with Gasteiger partial charge in [-0.1, -0.05) is 13.8 Å². The van der Waals surface area contributed by atoms with Gasteiger partial charge in [-0.2, -0.15) is 13.2 Å². The van der Waals surface area contributed by atoms with Crippen LogP contribution in [0, 0.1) is 5.92 Å². The maximum Gasteiger partial charge on any atom is 0.490 e. The van der Waals surface area contributed by atoms with Gasteiger partial charge in [0.1, 0.15) is 5.75 Å². The van der Waals surface area contributed by atoms with E-state index in [9.17, 15) is 13.2 Å². The van der Waals surface area contributed by atoms with Gasteiger partial charge < -0.3 is 20.1 Å². The molecule has 11 heteroatoms. The lowest BCUT2D eigenvalue weighted by atomic mass is 10.1. The van der Waals surface area contributed by atoms with E-state index in [0.717, 1.165) is 40.8 Å². The minimum atomic E-state index is -5.08. The van der Waals surface area contributed by atoms with Crippen molar-refractivity contribution in [3.63, 3.8) is 0 Å². The summed E-state index contributed by atoms with van der Waals surface area (Å²) < 4.78 is 37.0. The van der Waals surface area contributed by atoms with Crippen LogP contribution in [0.1, 0.15) is 13.8 Å². The number of carbonyl (C=O) groups is 1. The van der Waals surface area contributed by atoms with Crippen molar-refractivity contribution >= 4 is 11.9 Å². The molecular weight excluding hydrogens is 415 g/mol. The molecule has 31 heavy (non-hydrogen) atoms. The number of nitrogens with zero attached hydrogens (tertiary/aromatic N) is 3. The number of pyridine rings is 2. The van der Waals surface area contributed by atoms with Gasteiger partial charge in [-0.05, 0) is 29.7 Å². The zero-order chi connectivity index (χ0) is 23.0. The molecule has 3 rings (SSSR count). The Bertz CT molecular complexity index is 1010. The van der Waals surface area contributed by atoms with E-state index in [1.165, 1.54) is 0 Å². The Kier molecular flexibility index (Phi) is 7.94. The summed E-state index contributed by atoms with van der Waals surface area (Å²) in [4.78, 5) is 25.2. The highest BCUT2D eigenvalue weighted by Gasteiger charge is 2.38. The fourth-order valence-corrected chi connectivity index (χ4v) is 2.29. The van der Waals surface area contributed by atoms with E-state index in [2.05, 4.69) is 39.1 Å². The number of H-pyrrole nitrogens is 1. The van der Waals surface area contributed by atoms with Crippen molar-refractivity contribution in [1.29, 1.82) is 0 Å². The quantitative estimate of drug-likeness (QED) is 0.529. The lowest BCUT2D eigenvalue weighted by molar-refractivity contribution is -0.192. The summed E-state index contributed by atoms with van der Waals surface area (Å²) in [5.74, 6) is -0.713. The van der Waals surface area contributed by atoms with Gasteiger partial charge in [0.25, 0.3) is 0 Å². The van der Waals surface area contributed by atoms with Crippen LogP contribution in [0.4, 0.5) is 19.1 Å². The van der Waals surface area contributed by atoms with Crippen molar-refractivity contribution in [1.82, 2.24) is 19.9 Å². The molecule has 0 atom stereocenters. The molecule has 0 aromatic carbocycles. The highest BCUT2D eigenvalue weighted by Crippen LogP contribution is 2.26. The molecule has 0 spiro atoms. The first-order valence-electron chi connectivity index (χ1n) is 9.15. The molecule has 0 bridgehead atoms. The third-order valence-electron chi connectivity index (χ3n) is 3.81. The lowest BCUT2D eigenvalue weighted by Gasteiger charge is -2.06. The van der Waals surface area contributed by atoms with Crippen LogP contribution in [0.2, 0.25) is 0 Å². The SMILES string of the molecule is COc1cncc(-c2ccnc(-c3cnc(NCC(C)C)[nH]3)c2)c1.O=C(O)C(F)(F)F. The molecule has 0 amide bonds. The number of aliphatic carboxylic acids is 1. The summed E-state index contributed by atoms with van der Waals surface area (Å²) in [6.07, 6.45) is 1.99. The Morgan fingerprint density at radius 2 is 1.90 bits per heavy atom. The molecule has 3 N–H and O–H groups in total. The molecule has 0 aliphatic heterocycles. The van der Waals surface area contributed by atoms with Gasteiger partial charge in [0.05, 0.1) is 30.9 Å². The maximum atomic E-state index is 10.6. The number of carboxylic acid groups (broad SMARTS) is 1. The lowest BCUT2D eigenvalue weighted by Crippen LogP contribution is -2.21. The fraction of sp³-hybridized carbons (Fsp3) is 0.300. The summed E-state index contributed by atoms with van der Waals surface area (Å²) in [5, 5.41) is 10.4. The molecule has 0 unspecified atom stereocenters. The van der Waals surface area contributed by atoms with E-state index in [1.54, 1.807) is 25.7 Å². The van der Waals surface area contributed by atoms with Crippen LogP contribution in [0.25, 0.3) is 22.5 Å². The van der Waals surface area contributed by atoms with Crippen LogP contribution in [0.3, 0.4) is 0 Å². The molecule has 0 radical (unpaired) electrons. The van der Waals surface area contributed by atoms with E-state index in [4.69, 9.17) is 14.6 Å². The van der Waals surface area contributed by atoms with E-state index >= 15 is 0 Å². The Morgan fingerprint density at radius 3 is 2.52 bits per heavy atom. The van der Waals surface area contributed by atoms with Gasteiger partial charge in [-0.25, -0.2) is 9.78 Å². The largest absolute Gasteiger partial charge is 0.495 e. The second kappa shape index (κ2) is 10.4. The van der Waals surface area contributed by atoms with Crippen molar-refractivity contribution in [2.45, 2.75) is 20.0 Å². The van der Waals surface area contributed by atoms with Gasteiger partial charge in [-0.15, -0.1) is 0 Å². The topological polar surface area (TPSA) is 113 Å². The molecule has 3 aromatic rings. The second-order valence-electron chi connectivity index (χ2n) is 6.77. The van der Waals surface area contributed by atoms with Crippen molar-refractivity contribution in [3.8, 4) is 28.3 Å². The molecule has 0 aliphatic rings. The number of hydrogen-bond acceptors (Lipinski definition) is 6. The standard InChI is InChI=1S/C18H21N5O.C2HF3O2/c1-12(2)8-21-18-22-11-17(23-18)16-7-13(4-5-20-16)14-6-15(24-3)10-19-9-14;3-2(4,5)1(6)7/h4-7,9-12H,8H2,1-3H3,(H2,21,22,23);(H,6,7). The second-order valence-corrected chi connectivity index (χ2v) is 6.77. The van der Waals surface area contributed by atoms with Gasteiger partial charge in [0.2, 0.25) is 5.95 Å². The number of nitrogens with one attached hydrogen (secondary N) is 2. The van der Waals surface area contributed by atoms with Gasteiger partial charge >= 0.3 is 12.1 Å². The number of anilines is 1. The Balaban J connectivity index is 0.000000423. The average Bonchev–Trinajstić information content (AvgIpc) is 3.21. The van der Waals surface area contributed by atoms with Crippen LogP contribution >= 0.6 is 0 Å². The molecular formula is C20H22F3N5O3. The number of alkyl halides is 3. The molecule has 3 heterocycles. The predicted molar refractivity (Wildman–Crippen MR) is 109 cm³/mol. The van der Waals surface area contributed by atoms with Crippen LogP contribution in [0.5, 0.6) is 5.75 Å². The van der Waals surface area contributed by atoms with Gasteiger partial charge in [0, 0.05) is 24.5 Å². The minimum Gasteiger partial charge on any atom is -0.495 e. The number of hydrogen-bond donors (Lipinski definition) is 3. The van der Waals surface area contributed by atoms with Gasteiger partial charge in [0.15, 0.2) is 0 Å². The normalized spacial score (nSPS) is 10.9. The summed E-state index contributed by atoms with van der Waals surface area (Å²) in [6, 6.07) is 5.92. The van der Waals surface area contributed by atoms with Crippen LogP contribution < -0.4 is 10.1 Å². The van der Waals surface area contributed by atoms with Gasteiger partial charge in [-0.3, -0.25) is 9.97 Å². The van der Waals surface area contributed by atoms with E-state index in [0.29, 0.717) is 5.92 Å². The summed E-state index contributed by atoms with van der Waals surface area (Å²) in [6.45, 7) is 5.18. The van der Waals surface area contributed by atoms with Crippen LogP contribution in [-0.4, -0.2) is 50.8 Å². The minimum absolute atomic E-state index is 0.556. The number of ether oxygens (including phenoxy) is 1. The fourth-order valence-electron chi connectivity index (χ4n) is 2.29. The molecule has 0 fully saturated rings. The van der Waals surface area contributed by atoms with E-state index < -0.39 is 12.1 Å². The Morgan fingerprint density at radius 1 is 1.19 bits per heavy atom. The average molecular weight is 437 g/mol. The first-order valence-corrected chi connectivity index (χ1v) is 9.15. The highest BCUT2D eigenvalue weighted by molar-refractivity contribution is 5.73. The van der Waals surface area contributed by atoms with Crippen molar-refractivity contribution in [2.75, 3.05) is 19.0 Å². The van der Waals surface area contributed by atoms with Crippen LogP contribution in [-0.2, 0) is 4.79 Å². The molecule has 0 aliphatic carbocycles. The highest BCUT2D eigenvalue weighted by atomic mass is 19.4. The number of halogens is 3. The molecule has 0 saturated carbocycles. The number of aromatic amines is 1. The Labute approximate surface area is 176 Å². The number of rotatable bonds is 6. The van der Waals surface area contributed by atoms with Crippen molar-refractivity contribution in [3.05, 3.63) is 43.0 Å². The number of carboxylic acids is 1. The molecule has 0 saturated heterocycles. The first kappa shape index (κ1) is 23.6. The number of methoxy groups -OCH3 is 1. The monoisotopic (exact) mass is 437 g/mol. The smallest absolute Gasteiger partial charge is 0.490 e. The Hall–Kier alpha value is -3.63. The molecule has 3 aromatic heterocycles. The first-order chi connectivity index (χ1) is 14.6. The molecule has 8 nitrogen and oxygen atoms in total. The van der Waals surface area contributed by atoms with Crippen molar-refractivity contribution in [2.24, 2.45) is 5.92 Å². The zero-order valence-corrected chi connectivity index (χ0v) is 17.1.